The number of aromatic nitrogens is 1. The summed E-state index contributed by atoms with van der Waals surface area (Å²) in [6.45, 7) is -0.716. The number of amides is 1. The van der Waals surface area contributed by atoms with Crippen LogP contribution < -0.4 is 4.31 Å². The van der Waals surface area contributed by atoms with E-state index in [0.29, 0.717) is 15.2 Å². The highest BCUT2D eigenvalue weighted by Crippen LogP contribution is 2.35. The number of para-hydroxylation sites is 1. The zero-order valence-corrected chi connectivity index (χ0v) is 15.8. The lowest BCUT2D eigenvalue weighted by molar-refractivity contribution is -0.384. The van der Waals surface area contributed by atoms with Crippen LogP contribution in [0.25, 0.3) is 10.9 Å². The van der Waals surface area contributed by atoms with E-state index >= 15 is 0 Å². The number of carbonyl (C=O) groups is 1. The van der Waals surface area contributed by atoms with Crippen LogP contribution in [0.3, 0.4) is 0 Å². The number of hydrogen-bond acceptors (Lipinski definition) is 7. The number of nitro benzene ring substituents is 1. The molecule has 0 unspecified atom stereocenters. The highest BCUT2D eigenvalue weighted by Gasteiger charge is 2.23. The van der Waals surface area contributed by atoms with Crippen molar-refractivity contribution >= 4 is 43.9 Å². The van der Waals surface area contributed by atoms with Gasteiger partial charge < -0.3 is 10.1 Å². The number of carbonyl (C=O) groups excluding carboxylic acids is 1. The van der Waals surface area contributed by atoms with Crippen molar-refractivity contribution in [3.8, 4) is 5.88 Å². The number of H-pyrrole nitrogens is 1. The Labute approximate surface area is 164 Å². The number of aromatic hydroxyl groups is 1. The molecule has 0 saturated carbocycles. The van der Waals surface area contributed by atoms with E-state index in [1.54, 1.807) is 24.3 Å². The zero-order valence-electron chi connectivity index (χ0n) is 15.0. The molecule has 12 heteroatoms. The smallest absolute Gasteiger partial charge is 0.285 e. The van der Waals surface area contributed by atoms with E-state index in [-0.39, 0.29) is 22.9 Å². The summed E-state index contributed by atoms with van der Waals surface area (Å²) in [7, 11) is -3.94. The summed E-state index contributed by atoms with van der Waals surface area (Å²) in [5, 5.41) is 28.6. The Hall–Kier alpha value is -3.80. The average molecular weight is 417 g/mol. The summed E-state index contributed by atoms with van der Waals surface area (Å²) in [6, 6.07) is 11.7. The maximum atomic E-state index is 12.2. The molecule has 1 amide bonds. The van der Waals surface area contributed by atoms with Crippen LogP contribution in [0.4, 0.5) is 17.1 Å². The van der Waals surface area contributed by atoms with Crippen molar-refractivity contribution in [3.63, 3.8) is 0 Å². The van der Waals surface area contributed by atoms with Crippen molar-refractivity contribution in [1.29, 1.82) is 0 Å². The third-order valence-electron chi connectivity index (χ3n) is 3.93. The number of nitrogens with zero attached hydrogens (tertiary/aromatic N) is 4. The molecule has 3 rings (SSSR count). The SMILES string of the molecule is CS(=O)(=O)N(CC(=O)N=Nc1c(O)[nH]c2ccccc12)c1cccc([N+](=O)[O-])c1. The summed E-state index contributed by atoms with van der Waals surface area (Å²) in [4.78, 5) is 25.2. The van der Waals surface area contributed by atoms with Gasteiger partial charge in [-0.2, -0.15) is 0 Å². The van der Waals surface area contributed by atoms with Crippen molar-refractivity contribution in [1.82, 2.24) is 4.98 Å². The number of non-ortho nitro benzene ring substituents is 1. The van der Waals surface area contributed by atoms with E-state index in [9.17, 15) is 28.4 Å². The molecule has 29 heavy (non-hydrogen) atoms. The Bertz CT molecular complexity index is 1230. The third-order valence-corrected chi connectivity index (χ3v) is 5.07. The number of hydrogen-bond donors (Lipinski definition) is 2. The fourth-order valence-electron chi connectivity index (χ4n) is 2.64. The summed E-state index contributed by atoms with van der Waals surface area (Å²) < 4.78 is 24.9. The first-order valence-electron chi connectivity index (χ1n) is 8.13. The third kappa shape index (κ3) is 4.38. The van der Waals surface area contributed by atoms with Crippen LogP contribution in [0.5, 0.6) is 5.88 Å². The fraction of sp³-hybridized carbons (Fsp3) is 0.118. The number of aromatic amines is 1. The predicted octanol–water partition coefficient (Wildman–Crippen LogP) is 2.86. The summed E-state index contributed by atoms with van der Waals surface area (Å²) in [5.41, 5.74) is 0.241. The minimum Gasteiger partial charge on any atom is -0.493 e. The average Bonchev–Trinajstić information content (AvgIpc) is 2.98. The normalized spacial score (nSPS) is 11.8. The Morgan fingerprint density at radius 3 is 2.66 bits per heavy atom. The van der Waals surface area contributed by atoms with Crippen molar-refractivity contribution < 1.29 is 23.2 Å². The van der Waals surface area contributed by atoms with Crippen LogP contribution in [0.15, 0.2) is 58.8 Å². The summed E-state index contributed by atoms with van der Waals surface area (Å²) >= 11 is 0. The number of fused-ring (bicyclic) bond motifs is 1. The Morgan fingerprint density at radius 2 is 1.97 bits per heavy atom. The lowest BCUT2D eigenvalue weighted by Gasteiger charge is -2.20. The van der Waals surface area contributed by atoms with Gasteiger partial charge >= 0.3 is 0 Å². The van der Waals surface area contributed by atoms with Gasteiger partial charge in [-0.05, 0) is 12.1 Å². The number of nitrogens with one attached hydrogen (secondary N) is 1. The second kappa shape index (κ2) is 7.67. The second-order valence-electron chi connectivity index (χ2n) is 6.01. The highest BCUT2D eigenvalue weighted by molar-refractivity contribution is 7.92. The van der Waals surface area contributed by atoms with E-state index in [1.807, 2.05) is 0 Å². The molecule has 1 heterocycles. The van der Waals surface area contributed by atoms with Gasteiger partial charge in [0.05, 0.1) is 22.4 Å². The van der Waals surface area contributed by atoms with E-state index in [1.165, 1.54) is 18.2 Å². The van der Waals surface area contributed by atoms with Gasteiger partial charge in [0.25, 0.3) is 11.6 Å². The predicted molar refractivity (Wildman–Crippen MR) is 105 cm³/mol. The van der Waals surface area contributed by atoms with Crippen LogP contribution in [-0.2, 0) is 14.8 Å². The van der Waals surface area contributed by atoms with Crippen molar-refractivity contribution in [2.75, 3.05) is 17.1 Å². The first-order chi connectivity index (χ1) is 13.7. The molecule has 3 aromatic rings. The monoisotopic (exact) mass is 417 g/mol. The summed E-state index contributed by atoms with van der Waals surface area (Å²) in [5.74, 6) is -1.21. The Balaban J connectivity index is 1.88. The molecule has 0 bridgehead atoms. The van der Waals surface area contributed by atoms with Gasteiger partial charge in [0.15, 0.2) is 5.69 Å². The first-order valence-corrected chi connectivity index (χ1v) is 9.98. The highest BCUT2D eigenvalue weighted by atomic mass is 32.2. The van der Waals surface area contributed by atoms with Crippen LogP contribution in [-0.4, -0.2) is 42.1 Å². The molecule has 0 aliphatic heterocycles. The molecule has 0 aliphatic carbocycles. The Morgan fingerprint density at radius 1 is 1.24 bits per heavy atom. The molecule has 0 aliphatic rings. The first kappa shape index (κ1) is 19.9. The number of anilines is 1. The largest absolute Gasteiger partial charge is 0.493 e. The van der Waals surface area contributed by atoms with Gasteiger partial charge in [-0.25, -0.2) is 8.42 Å². The molecule has 11 nitrogen and oxygen atoms in total. The van der Waals surface area contributed by atoms with Crippen LogP contribution in [0.2, 0.25) is 0 Å². The number of sulfonamides is 1. The second-order valence-corrected chi connectivity index (χ2v) is 7.91. The quantitative estimate of drug-likeness (QED) is 0.356. The molecule has 150 valence electrons. The van der Waals surface area contributed by atoms with E-state index in [0.717, 1.165) is 12.3 Å². The van der Waals surface area contributed by atoms with Crippen molar-refractivity contribution in [2.24, 2.45) is 10.2 Å². The molecule has 0 atom stereocenters. The lowest BCUT2D eigenvalue weighted by Crippen LogP contribution is -2.34. The van der Waals surface area contributed by atoms with Gasteiger partial charge in [0, 0.05) is 17.5 Å². The van der Waals surface area contributed by atoms with Crippen LogP contribution in [0, 0.1) is 10.1 Å². The number of rotatable bonds is 6. The number of azo groups is 1. The fourth-order valence-corrected chi connectivity index (χ4v) is 3.48. The molecule has 0 fully saturated rings. The molecular weight excluding hydrogens is 402 g/mol. The number of nitro groups is 1. The van der Waals surface area contributed by atoms with E-state index in [4.69, 9.17) is 0 Å². The zero-order chi connectivity index (χ0) is 21.2. The van der Waals surface area contributed by atoms with Gasteiger partial charge in [-0.3, -0.25) is 19.2 Å². The van der Waals surface area contributed by atoms with Crippen molar-refractivity contribution in [3.05, 3.63) is 58.6 Å². The van der Waals surface area contributed by atoms with E-state index < -0.39 is 27.4 Å². The molecule has 0 spiro atoms. The Kier molecular flexibility index (Phi) is 5.28. The van der Waals surface area contributed by atoms with Crippen molar-refractivity contribution in [2.45, 2.75) is 0 Å². The van der Waals surface area contributed by atoms with Gasteiger partial charge in [0.1, 0.15) is 6.54 Å². The molecular formula is C17H15N5O6S. The standard InChI is InChI=1S/C17H15N5O6S/c1-29(27,28)21(11-5-4-6-12(9-11)22(25)26)10-15(23)19-20-16-13-7-2-3-8-14(13)18-17(16)24/h2-9,18,24H,10H2,1H3. The lowest BCUT2D eigenvalue weighted by atomic mass is 10.2. The molecule has 1 aromatic heterocycles. The molecule has 0 saturated heterocycles. The van der Waals surface area contributed by atoms with Crippen LogP contribution in [0.1, 0.15) is 0 Å². The van der Waals surface area contributed by atoms with Crippen LogP contribution >= 0.6 is 0 Å². The maximum Gasteiger partial charge on any atom is 0.285 e. The van der Waals surface area contributed by atoms with Gasteiger partial charge in [-0.15, -0.1) is 10.2 Å². The van der Waals surface area contributed by atoms with E-state index in [2.05, 4.69) is 15.2 Å². The molecule has 2 N–H and O–H groups in total. The van der Waals surface area contributed by atoms with Gasteiger partial charge in [0.2, 0.25) is 15.9 Å². The maximum absolute atomic E-state index is 12.2. The topological polar surface area (TPSA) is 158 Å². The van der Waals surface area contributed by atoms with Gasteiger partial charge in [-0.1, -0.05) is 24.3 Å². The minimum absolute atomic E-state index is 0.0372. The molecule has 2 aromatic carbocycles. The summed E-state index contributed by atoms with van der Waals surface area (Å²) in [6.07, 6.45) is 0.863. The number of benzene rings is 2. The molecule has 0 radical (unpaired) electrons. The minimum atomic E-state index is -3.94.